The Morgan fingerprint density at radius 2 is 2.00 bits per heavy atom. The molecule has 1 aliphatic heterocycles. The SMILES string of the molecule is CCc1nn2c(N3CCN(CC)CC3)cc(=O)nc2s1. The average Bonchev–Trinajstić information content (AvgIpc) is 2.89. The van der Waals surface area contributed by atoms with Crippen LogP contribution in [0.3, 0.4) is 0 Å². The molecule has 0 saturated carbocycles. The fourth-order valence-corrected chi connectivity index (χ4v) is 3.34. The van der Waals surface area contributed by atoms with Crippen molar-refractivity contribution in [2.75, 3.05) is 37.6 Å². The van der Waals surface area contributed by atoms with E-state index < -0.39 is 0 Å². The molecule has 7 heteroatoms. The smallest absolute Gasteiger partial charge is 0.276 e. The van der Waals surface area contributed by atoms with Crippen LogP contribution in [-0.2, 0) is 6.42 Å². The molecule has 1 saturated heterocycles. The predicted octanol–water partition coefficient (Wildman–Crippen LogP) is 0.855. The maximum Gasteiger partial charge on any atom is 0.276 e. The van der Waals surface area contributed by atoms with Gasteiger partial charge in [-0.3, -0.25) is 4.79 Å². The molecule has 3 rings (SSSR count). The highest BCUT2D eigenvalue weighted by Crippen LogP contribution is 2.20. The maximum absolute atomic E-state index is 11.8. The van der Waals surface area contributed by atoms with Gasteiger partial charge >= 0.3 is 0 Å². The molecule has 0 radical (unpaired) electrons. The molecular weight excluding hydrogens is 274 g/mol. The number of hydrogen-bond donors (Lipinski definition) is 0. The highest BCUT2D eigenvalue weighted by molar-refractivity contribution is 7.16. The van der Waals surface area contributed by atoms with E-state index in [9.17, 15) is 4.79 Å². The first-order valence-electron chi connectivity index (χ1n) is 7.08. The lowest BCUT2D eigenvalue weighted by molar-refractivity contribution is 0.270. The van der Waals surface area contributed by atoms with Gasteiger partial charge in [0, 0.05) is 32.2 Å². The monoisotopic (exact) mass is 293 g/mol. The van der Waals surface area contributed by atoms with Crippen LogP contribution in [0.25, 0.3) is 4.96 Å². The highest BCUT2D eigenvalue weighted by Gasteiger charge is 2.20. The van der Waals surface area contributed by atoms with E-state index in [0.29, 0.717) is 4.96 Å². The Labute approximate surface area is 121 Å². The topological polar surface area (TPSA) is 53.7 Å². The second kappa shape index (κ2) is 5.49. The number of aromatic nitrogens is 3. The summed E-state index contributed by atoms with van der Waals surface area (Å²) in [6.45, 7) is 9.24. The number of rotatable bonds is 3. The first kappa shape index (κ1) is 13.5. The number of nitrogens with zero attached hydrogens (tertiary/aromatic N) is 5. The average molecular weight is 293 g/mol. The molecule has 0 aromatic carbocycles. The van der Waals surface area contributed by atoms with E-state index in [1.807, 2.05) is 4.52 Å². The molecule has 0 N–H and O–H groups in total. The molecule has 108 valence electrons. The summed E-state index contributed by atoms with van der Waals surface area (Å²) in [6.07, 6.45) is 0.866. The van der Waals surface area contributed by atoms with Crippen LogP contribution in [0.1, 0.15) is 18.9 Å². The highest BCUT2D eigenvalue weighted by atomic mass is 32.1. The second-order valence-corrected chi connectivity index (χ2v) is 5.96. The van der Waals surface area contributed by atoms with Gasteiger partial charge in [-0.25, -0.2) is 0 Å². The third-order valence-electron chi connectivity index (χ3n) is 3.72. The zero-order valence-electron chi connectivity index (χ0n) is 11.9. The van der Waals surface area contributed by atoms with E-state index in [1.165, 1.54) is 11.3 Å². The summed E-state index contributed by atoms with van der Waals surface area (Å²) in [5.41, 5.74) is -0.177. The van der Waals surface area contributed by atoms with Crippen molar-refractivity contribution >= 4 is 22.1 Å². The molecule has 0 aliphatic carbocycles. The number of likely N-dealkylation sites (N-methyl/N-ethyl adjacent to an activating group) is 1. The second-order valence-electron chi connectivity index (χ2n) is 4.92. The Balaban J connectivity index is 1.98. The molecule has 2 aromatic rings. The molecule has 1 fully saturated rings. The van der Waals surface area contributed by atoms with E-state index in [4.69, 9.17) is 0 Å². The Morgan fingerprint density at radius 1 is 1.25 bits per heavy atom. The van der Waals surface area contributed by atoms with Crippen molar-refractivity contribution in [2.45, 2.75) is 20.3 Å². The summed E-state index contributed by atoms with van der Waals surface area (Å²) in [6, 6.07) is 1.60. The van der Waals surface area contributed by atoms with E-state index >= 15 is 0 Å². The molecule has 0 spiro atoms. The lowest BCUT2D eigenvalue weighted by Crippen LogP contribution is -2.47. The van der Waals surface area contributed by atoms with Crippen molar-refractivity contribution in [3.63, 3.8) is 0 Å². The van der Waals surface area contributed by atoms with E-state index in [-0.39, 0.29) is 5.56 Å². The van der Waals surface area contributed by atoms with Crippen LogP contribution in [0, 0.1) is 0 Å². The van der Waals surface area contributed by atoms with Gasteiger partial charge in [-0.15, -0.1) is 0 Å². The summed E-state index contributed by atoms with van der Waals surface area (Å²) in [7, 11) is 0. The fourth-order valence-electron chi connectivity index (χ4n) is 2.50. The van der Waals surface area contributed by atoms with Crippen LogP contribution < -0.4 is 10.5 Å². The molecule has 1 aliphatic rings. The number of hydrogen-bond acceptors (Lipinski definition) is 6. The van der Waals surface area contributed by atoms with Gasteiger partial charge in [-0.1, -0.05) is 25.2 Å². The molecule has 0 amide bonds. The number of anilines is 1. The summed E-state index contributed by atoms with van der Waals surface area (Å²) < 4.78 is 1.83. The van der Waals surface area contributed by atoms with Crippen LogP contribution >= 0.6 is 11.3 Å². The van der Waals surface area contributed by atoms with Crippen LogP contribution in [0.4, 0.5) is 5.82 Å². The molecular formula is C13H19N5OS. The Hall–Kier alpha value is -1.47. The molecule has 2 aromatic heterocycles. The van der Waals surface area contributed by atoms with Gasteiger partial charge < -0.3 is 9.80 Å². The van der Waals surface area contributed by atoms with Gasteiger partial charge in [-0.2, -0.15) is 14.6 Å². The van der Waals surface area contributed by atoms with E-state index in [0.717, 1.165) is 50.0 Å². The van der Waals surface area contributed by atoms with E-state index in [1.54, 1.807) is 6.07 Å². The molecule has 0 unspecified atom stereocenters. The van der Waals surface area contributed by atoms with Crippen molar-refractivity contribution in [1.29, 1.82) is 0 Å². The zero-order chi connectivity index (χ0) is 14.1. The van der Waals surface area contributed by atoms with Gasteiger partial charge in [0.25, 0.3) is 5.56 Å². The number of piperazine rings is 1. The van der Waals surface area contributed by atoms with Gasteiger partial charge in [-0.05, 0) is 13.0 Å². The van der Waals surface area contributed by atoms with Gasteiger partial charge in [0.15, 0.2) is 0 Å². The van der Waals surface area contributed by atoms with Gasteiger partial charge in [0.1, 0.15) is 10.8 Å². The minimum Gasteiger partial charge on any atom is -0.354 e. The normalized spacial score (nSPS) is 17.0. The summed E-state index contributed by atoms with van der Waals surface area (Å²) in [5, 5.41) is 5.58. The minimum atomic E-state index is -0.177. The molecule has 6 nitrogen and oxygen atoms in total. The van der Waals surface area contributed by atoms with Crippen molar-refractivity contribution in [3.8, 4) is 0 Å². The lowest BCUT2D eigenvalue weighted by Gasteiger charge is -2.35. The van der Waals surface area contributed by atoms with Crippen molar-refractivity contribution in [3.05, 3.63) is 21.4 Å². The summed E-state index contributed by atoms with van der Waals surface area (Å²) in [4.78, 5) is 21.2. The quantitative estimate of drug-likeness (QED) is 0.840. The van der Waals surface area contributed by atoms with Crippen LogP contribution in [0.2, 0.25) is 0 Å². The minimum absolute atomic E-state index is 0.177. The first-order chi connectivity index (χ1) is 9.71. The zero-order valence-corrected chi connectivity index (χ0v) is 12.7. The van der Waals surface area contributed by atoms with Crippen molar-refractivity contribution in [1.82, 2.24) is 19.5 Å². The largest absolute Gasteiger partial charge is 0.354 e. The van der Waals surface area contributed by atoms with Gasteiger partial charge in [0.05, 0.1) is 0 Å². The van der Waals surface area contributed by atoms with Crippen molar-refractivity contribution < 1.29 is 0 Å². The number of aryl methyl sites for hydroxylation is 1. The van der Waals surface area contributed by atoms with Crippen LogP contribution in [0.15, 0.2) is 10.9 Å². The Kier molecular flexibility index (Phi) is 3.71. The van der Waals surface area contributed by atoms with Crippen LogP contribution in [-0.4, -0.2) is 52.2 Å². The standard InChI is InChI=1S/C13H19N5OS/c1-3-11-15-18-12(9-10(19)14-13(18)20-11)17-7-5-16(4-2)6-8-17/h9H,3-8H2,1-2H3. The third kappa shape index (κ3) is 2.43. The predicted molar refractivity (Wildman–Crippen MR) is 80.8 cm³/mol. The Morgan fingerprint density at radius 3 is 2.65 bits per heavy atom. The fraction of sp³-hybridized carbons (Fsp3) is 0.615. The Bertz CT molecular complexity index is 656. The van der Waals surface area contributed by atoms with Crippen molar-refractivity contribution in [2.24, 2.45) is 0 Å². The number of fused-ring (bicyclic) bond motifs is 1. The molecule has 0 bridgehead atoms. The summed E-state index contributed by atoms with van der Waals surface area (Å²) >= 11 is 1.50. The summed E-state index contributed by atoms with van der Waals surface area (Å²) in [5.74, 6) is 0.881. The third-order valence-corrected chi connectivity index (χ3v) is 4.78. The molecule has 3 heterocycles. The lowest BCUT2D eigenvalue weighted by atomic mass is 10.3. The maximum atomic E-state index is 11.8. The van der Waals surface area contributed by atoms with E-state index in [2.05, 4.69) is 33.7 Å². The van der Waals surface area contributed by atoms with Crippen LogP contribution in [0.5, 0.6) is 0 Å². The molecule has 0 atom stereocenters. The van der Waals surface area contributed by atoms with Gasteiger partial charge in [0.2, 0.25) is 4.96 Å². The first-order valence-corrected chi connectivity index (χ1v) is 7.90. The molecule has 20 heavy (non-hydrogen) atoms.